The van der Waals surface area contributed by atoms with Gasteiger partial charge in [0.05, 0.1) is 0 Å². The van der Waals surface area contributed by atoms with Crippen LogP contribution in [0.5, 0.6) is 0 Å². The van der Waals surface area contributed by atoms with Gasteiger partial charge in [0.2, 0.25) is 11.7 Å². The molecule has 0 fully saturated rings. The van der Waals surface area contributed by atoms with Gasteiger partial charge in [0.15, 0.2) is 5.88 Å². The Hall–Kier alpha value is -2.76. The molecule has 1 aromatic carbocycles. The summed E-state index contributed by atoms with van der Waals surface area (Å²) in [7, 11) is 0. The third kappa shape index (κ3) is 3.35. The molecule has 0 saturated heterocycles. The van der Waals surface area contributed by atoms with Crippen LogP contribution in [0.2, 0.25) is 0 Å². The number of amides is 1. The van der Waals surface area contributed by atoms with Crippen LogP contribution in [0.4, 0.5) is 17.3 Å². The minimum Gasteiger partial charge on any atom is -0.475 e. The summed E-state index contributed by atoms with van der Waals surface area (Å²) in [4.78, 5) is 21.6. The Balaban J connectivity index is 2.13. The smallest absolute Gasteiger partial charge is 0.371 e. The molecule has 0 spiro atoms. The highest BCUT2D eigenvalue weighted by Crippen LogP contribution is 2.22. The molecule has 1 aromatic heterocycles. The third-order valence-electron chi connectivity index (χ3n) is 2.27. The van der Waals surface area contributed by atoms with Crippen LogP contribution in [0.25, 0.3) is 0 Å². The van der Waals surface area contributed by atoms with Crippen LogP contribution < -0.4 is 10.6 Å². The summed E-state index contributed by atoms with van der Waals surface area (Å²) in [5.74, 6) is -1.11. The number of rotatable bonds is 4. The Morgan fingerprint density at radius 1 is 1.16 bits per heavy atom. The molecule has 2 rings (SSSR count). The first-order valence-corrected chi connectivity index (χ1v) is 5.52. The molecule has 2 aromatic rings. The van der Waals surface area contributed by atoms with E-state index < -0.39 is 5.97 Å². The Morgan fingerprint density at radius 2 is 1.89 bits per heavy atom. The number of nitrogens with one attached hydrogen (secondary N) is 2. The van der Waals surface area contributed by atoms with Crippen LogP contribution >= 0.6 is 0 Å². The number of hydrogen-bond acceptors (Lipinski definition) is 4. The van der Waals surface area contributed by atoms with Crippen molar-refractivity contribution in [2.75, 3.05) is 10.6 Å². The second-order valence-electron chi connectivity index (χ2n) is 3.86. The average Bonchev–Trinajstić information content (AvgIpc) is 2.77. The zero-order valence-corrected chi connectivity index (χ0v) is 10.1. The monoisotopic (exact) mass is 260 g/mol. The molecule has 19 heavy (non-hydrogen) atoms. The topological polar surface area (TPSA) is 91.6 Å². The maximum Gasteiger partial charge on any atom is 0.371 e. The molecule has 0 aliphatic carbocycles. The zero-order valence-electron chi connectivity index (χ0n) is 10.1. The lowest BCUT2D eigenvalue weighted by Crippen LogP contribution is -2.05. The Kier molecular flexibility index (Phi) is 3.51. The van der Waals surface area contributed by atoms with Crippen LogP contribution in [0.3, 0.4) is 0 Å². The first kappa shape index (κ1) is 12.7. The zero-order chi connectivity index (χ0) is 13.8. The second-order valence-corrected chi connectivity index (χ2v) is 3.86. The molecule has 0 aliphatic rings. The van der Waals surface area contributed by atoms with Gasteiger partial charge in [0.1, 0.15) is 0 Å². The third-order valence-corrected chi connectivity index (χ3v) is 2.27. The van der Waals surface area contributed by atoms with Crippen molar-refractivity contribution in [3.8, 4) is 0 Å². The number of carbonyl (C=O) groups excluding carboxylic acids is 1. The SMILES string of the molecule is CC(=O)Nc1cccc(Nc2ccc(C(=O)O)o2)c1. The normalized spacial score (nSPS) is 9.95. The molecule has 0 saturated carbocycles. The van der Waals surface area contributed by atoms with Crippen molar-refractivity contribution in [1.29, 1.82) is 0 Å². The number of hydrogen-bond donors (Lipinski definition) is 3. The minimum absolute atomic E-state index is 0.138. The van der Waals surface area contributed by atoms with Crippen molar-refractivity contribution in [3.63, 3.8) is 0 Å². The Bertz CT molecular complexity index is 619. The van der Waals surface area contributed by atoms with Gasteiger partial charge in [0.25, 0.3) is 0 Å². The van der Waals surface area contributed by atoms with Crippen molar-refractivity contribution in [2.45, 2.75) is 6.92 Å². The molecule has 6 heteroatoms. The second kappa shape index (κ2) is 5.26. The van der Waals surface area contributed by atoms with Gasteiger partial charge >= 0.3 is 5.97 Å². The molecule has 0 atom stereocenters. The van der Waals surface area contributed by atoms with Crippen LogP contribution in [-0.2, 0) is 4.79 Å². The fourth-order valence-electron chi connectivity index (χ4n) is 1.54. The lowest BCUT2D eigenvalue weighted by molar-refractivity contribution is -0.114. The highest BCUT2D eigenvalue weighted by molar-refractivity contribution is 5.89. The number of carboxylic acid groups (broad SMARTS) is 1. The van der Waals surface area contributed by atoms with Crippen LogP contribution in [0, 0.1) is 0 Å². The van der Waals surface area contributed by atoms with Crippen molar-refractivity contribution in [3.05, 3.63) is 42.2 Å². The Labute approximate surface area is 109 Å². The molecular formula is C13H12N2O4. The Morgan fingerprint density at radius 3 is 2.53 bits per heavy atom. The van der Waals surface area contributed by atoms with Gasteiger partial charge in [0, 0.05) is 24.4 Å². The van der Waals surface area contributed by atoms with E-state index in [2.05, 4.69) is 10.6 Å². The summed E-state index contributed by atoms with van der Waals surface area (Å²) >= 11 is 0. The molecule has 0 bridgehead atoms. The van der Waals surface area contributed by atoms with Gasteiger partial charge in [-0.1, -0.05) is 6.07 Å². The lowest BCUT2D eigenvalue weighted by atomic mass is 10.2. The van der Waals surface area contributed by atoms with Crippen LogP contribution in [0.15, 0.2) is 40.8 Å². The molecule has 0 aliphatic heterocycles. The van der Waals surface area contributed by atoms with Gasteiger partial charge in [-0.05, 0) is 24.3 Å². The predicted molar refractivity (Wildman–Crippen MR) is 69.7 cm³/mol. The molecule has 3 N–H and O–H groups in total. The molecule has 6 nitrogen and oxygen atoms in total. The highest BCUT2D eigenvalue weighted by atomic mass is 16.4. The van der Waals surface area contributed by atoms with Gasteiger partial charge in [-0.3, -0.25) is 4.79 Å². The van der Waals surface area contributed by atoms with E-state index in [0.29, 0.717) is 17.3 Å². The largest absolute Gasteiger partial charge is 0.475 e. The fraction of sp³-hybridized carbons (Fsp3) is 0.0769. The molecule has 1 amide bonds. The van der Waals surface area contributed by atoms with Gasteiger partial charge < -0.3 is 20.2 Å². The van der Waals surface area contributed by atoms with Crippen LogP contribution in [0.1, 0.15) is 17.5 Å². The molecule has 0 unspecified atom stereocenters. The van der Waals surface area contributed by atoms with E-state index in [4.69, 9.17) is 9.52 Å². The minimum atomic E-state index is -1.12. The highest BCUT2D eigenvalue weighted by Gasteiger charge is 2.08. The molecule has 0 radical (unpaired) electrons. The van der Waals surface area contributed by atoms with Gasteiger partial charge in [-0.2, -0.15) is 0 Å². The van der Waals surface area contributed by atoms with E-state index in [1.165, 1.54) is 19.1 Å². The van der Waals surface area contributed by atoms with Crippen LogP contribution in [-0.4, -0.2) is 17.0 Å². The van der Waals surface area contributed by atoms with Crippen molar-refractivity contribution in [1.82, 2.24) is 0 Å². The first-order valence-electron chi connectivity index (χ1n) is 5.52. The fourth-order valence-corrected chi connectivity index (χ4v) is 1.54. The predicted octanol–water partition coefficient (Wildman–Crippen LogP) is 2.68. The summed E-state index contributed by atoms with van der Waals surface area (Å²) in [5.41, 5.74) is 1.32. The van der Waals surface area contributed by atoms with E-state index in [1.807, 2.05) is 0 Å². The number of anilines is 3. The summed E-state index contributed by atoms with van der Waals surface area (Å²) in [6.45, 7) is 1.42. The lowest BCUT2D eigenvalue weighted by Gasteiger charge is -2.06. The van der Waals surface area contributed by atoms with E-state index in [9.17, 15) is 9.59 Å². The number of aromatic carboxylic acids is 1. The molecule has 1 heterocycles. The maximum atomic E-state index is 10.9. The average molecular weight is 260 g/mol. The van der Waals surface area contributed by atoms with E-state index >= 15 is 0 Å². The van der Waals surface area contributed by atoms with Crippen molar-refractivity contribution in [2.24, 2.45) is 0 Å². The number of carbonyl (C=O) groups is 2. The van der Waals surface area contributed by atoms with Crippen molar-refractivity contribution < 1.29 is 19.1 Å². The molecule has 98 valence electrons. The first-order chi connectivity index (χ1) is 9.04. The number of carboxylic acids is 1. The summed E-state index contributed by atoms with van der Waals surface area (Å²) < 4.78 is 5.07. The van der Waals surface area contributed by atoms with E-state index in [1.54, 1.807) is 24.3 Å². The molecular weight excluding hydrogens is 248 g/mol. The standard InChI is InChI=1S/C13H12N2O4/c1-8(16)14-9-3-2-4-10(7-9)15-12-6-5-11(19-12)13(17)18/h2-7,15H,1H3,(H,14,16)(H,17,18). The van der Waals surface area contributed by atoms with E-state index in [0.717, 1.165) is 0 Å². The quantitative estimate of drug-likeness (QED) is 0.786. The summed E-state index contributed by atoms with van der Waals surface area (Å²) in [6.07, 6.45) is 0. The van der Waals surface area contributed by atoms with E-state index in [-0.39, 0.29) is 11.7 Å². The summed E-state index contributed by atoms with van der Waals surface area (Å²) in [5, 5.41) is 14.3. The van der Waals surface area contributed by atoms with Gasteiger partial charge in [-0.15, -0.1) is 0 Å². The summed E-state index contributed by atoms with van der Waals surface area (Å²) in [6, 6.07) is 9.88. The maximum absolute atomic E-state index is 10.9. The van der Waals surface area contributed by atoms with Crippen molar-refractivity contribution >= 4 is 29.1 Å². The number of benzene rings is 1. The van der Waals surface area contributed by atoms with Gasteiger partial charge in [-0.25, -0.2) is 4.79 Å². The number of furan rings is 1.